The maximum absolute atomic E-state index is 13.6. The summed E-state index contributed by atoms with van der Waals surface area (Å²) in [6, 6.07) is 8.06. The van der Waals surface area contributed by atoms with Crippen LogP contribution in [0.1, 0.15) is 28.7 Å². The highest BCUT2D eigenvalue weighted by Crippen LogP contribution is 2.12. The molecule has 2 aromatic rings. The van der Waals surface area contributed by atoms with Gasteiger partial charge < -0.3 is 4.74 Å². The number of carbonyl (C=O) groups is 1. The van der Waals surface area contributed by atoms with Crippen LogP contribution in [0.2, 0.25) is 0 Å². The monoisotopic (exact) mass is 262 g/mol. The van der Waals surface area contributed by atoms with Gasteiger partial charge in [-0.05, 0) is 26.0 Å². The molecule has 0 spiro atoms. The van der Waals surface area contributed by atoms with Crippen LogP contribution in [0.3, 0.4) is 0 Å². The number of aromatic nitrogens is 2. The number of ether oxygens (including phenoxy) is 1. The predicted octanol–water partition coefficient (Wildman–Crippen LogP) is 2.56. The molecular formula is C14H15FN2O2. The Kier molecular flexibility index (Phi) is 3.94. The zero-order valence-corrected chi connectivity index (χ0v) is 10.9. The first-order valence-corrected chi connectivity index (χ1v) is 6.06. The fraction of sp³-hybridized carbons (Fsp3) is 0.286. The maximum atomic E-state index is 13.6. The largest absolute Gasteiger partial charge is 0.461 e. The molecule has 0 unspecified atom stereocenters. The Morgan fingerprint density at radius 3 is 2.84 bits per heavy atom. The zero-order valence-electron chi connectivity index (χ0n) is 10.9. The maximum Gasteiger partial charge on any atom is 0.356 e. The van der Waals surface area contributed by atoms with E-state index in [4.69, 9.17) is 4.74 Å². The lowest BCUT2D eigenvalue weighted by Crippen LogP contribution is -2.14. The number of carbonyl (C=O) groups excluding carboxylic acids is 1. The van der Waals surface area contributed by atoms with E-state index in [1.54, 1.807) is 38.1 Å². The van der Waals surface area contributed by atoms with Gasteiger partial charge in [-0.15, -0.1) is 0 Å². The summed E-state index contributed by atoms with van der Waals surface area (Å²) in [7, 11) is 0. The Bertz CT molecular complexity index is 593. The molecule has 100 valence electrons. The van der Waals surface area contributed by atoms with E-state index in [0.717, 1.165) is 0 Å². The summed E-state index contributed by atoms with van der Waals surface area (Å²) in [4.78, 5) is 11.8. The molecule has 0 aliphatic rings. The Morgan fingerprint density at radius 1 is 1.42 bits per heavy atom. The van der Waals surface area contributed by atoms with Gasteiger partial charge in [-0.1, -0.05) is 18.2 Å². The average Bonchev–Trinajstić information content (AvgIpc) is 2.74. The lowest BCUT2D eigenvalue weighted by Gasteiger charge is -2.07. The van der Waals surface area contributed by atoms with Gasteiger partial charge in [0.05, 0.1) is 18.8 Å². The summed E-state index contributed by atoms with van der Waals surface area (Å²) >= 11 is 0. The van der Waals surface area contributed by atoms with Gasteiger partial charge >= 0.3 is 5.97 Å². The van der Waals surface area contributed by atoms with E-state index in [1.807, 2.05) is 0 Å². The molecule has 0 radical (unpaired) electrons. The summed E-state index contributed by atoms with van der Waals surface area (Å²) in [5.41, 5.74) is 1.51. The third-order valence-electron chi connectivity index (χ3n) is 2.66. The second-order valence-electron chi connectivity index (χ2n) is 4.14. The minimum absolute atomic E-state index is 0.203. The van der Waals surface area contributed by atoms with Crippen molar-refractivity contribution in [3.05, 3.63) is 53.1 Å². The van der Waals surface area contributed by atoms with Crippen molar-refractivity contribution in [2.24, 2.45) is 0 Å². The van der Waals surface area contributed by atoms with Gasteiger partial charge in [0.1, 0.15) is 11.5 Å². The highest BCUT2D eigenvalue weighted by atomic mass is 19.1. The minimum Gasteiger partial charge on any atom is -0.461 e. The Labute approximate surface area is 110 Å². The van der Waals surface area contributed by atoms with Gasteiger partial charge in [0.25, 0.3) is 0 Å². The molecule has 0 saturated carbocycles. The first kappa shape index (κ1) is 13.3. The number of hydrogen-bond donors (Lipinski definition) is 0. The Hall–Kier alpha value is -2.17. The molecule has 0 saturated heterocycles. The molecule has 0 atom stereocenters. The number of nitrogens with zero attached hydrogens (tertiary/aromatic N) is 2. The molecule has 5 heteroatoms. The number of halogens is 1. The third-order valence-corrected chi connectivity index (χ3v) is 2.66. The molecule has 4 nitrogen and oxygen atoms in total. The lowest BCUT2D eigenvalue weighted by molar-refractivity contribution is 0.0512. The van der Waals surface area contributed by atoms with Crippen molar-refractivity contribution in [2.75, 3.05) is 6.61 Å². The van der Waals surface area contributed by atoms with Gasteiger partial charge in [-0.2, -0.15) is 5.10 Å². The summed E-state index contributed by atoms with van der Waals surface area (Å²) in [6.45, 7) is 4.01. The van der Waals surface area contributed by atoms with Crippen LogP contribution in [0.15, 0.2) is 30.3 Å². The molecular weight excluding hydrogens is 247 g/mol. The molecule has 1 heterocycles. The first-order valence-electron chi connectivity index (χ1n) is 6.06. The quantitative estimate of drug-likeness (QED) is 0.795. The highest BCUT2D eigenvalue weighted by molar-refractivity contribution is 5.87. The molecule has 0 aliphatic carbocycles. The van der Waals surface area contributed by atoms with E-state index in [-0.39, 0.29) is 12.4 Å². The lowest BCUT2D eigenvalue weighted by atomic mass is 10.2. The summed E-state index contributed by atoms with van der Waals surface area (Å²) in [6.07, 6.45) is 0. The second kappa shape index (κ2) is 5.65. The molecule has 0 bridgehead atoms. The van der Waals surface area contributed by atoms with Crippen LogP contribution in [0.4, 0.5) is 4.39 Å². The molecule has 0 N–H and O–H groups in total. The van der Waals surface area contributed by atoms with Crippen molar-refractivity contribution in [1.82, 2.24) is 9.78 Å². The fourth-order valence-corrected chi connectivity index (χ4v) is 1.82. The van der Waals surface area contributed by atoms with Gasteiger partial charge in [0.2, 0.25) is 0 Å². The average molecular weight is 262 g/mol. The van der Waals surface area contributed by atoms with Crippen LogP contribution in [0.5, 0.6) is 0 Å². The van der Waals surface area contributed by atoms with Crippen molar-refractivity contribution in [1.29, 1.82) is 0 Å². The normalized spacial score (nSPS) is 10.5. The van der Waals surface area contributed by atoms with E-state index in [1.165, 1.54) is 10.7 Å². The van der Waals surface area contributed by atoms with Crippen LogP contribution in [0, 0.1) is 12.7 Å². The van der Waals surface area contributed by atoms with Crippen LogP contribution in [0.25, 0.3) is 0 Å². The van der Waals surface area contributed by atoms with Gasteiger partial charge in [0, 0.05) is 5.56 Å². The van der Waals surface area contributed by atoms with Crippen molar-refractivity contribution in [3.8, 4) is 0 Å². The molecule has 0 fully saturated rings. The number of hydrogen-bond acceptors (Lipinski definition) is 3. The summed E-state index contributed by atoms with van der Waals surface area (Å²) in [5, 5.41) is 4.20. The number of esters is 1. The van der Waals surface area contributed by atoms with E-state index in [0.29, 0.717) is 23.6 Å². The van der Waals surface area contributed by atoms with Crippen LogP contribution in [-0.4, -0.2) is 22.4 Å². The Morgan fingerprint density at radius 2 is 2.16 bits per heavy atom. The molecule has 1 aromatic carbocycles. The minimum atomic E-state index is -0.445. The van der Waals surface area contributed by atoms with Crippen molar-refractivity contribution in [2.45, 2.75) is 20.4 Å². The van der Waals surface area contributed by atoms with Crippen molar-refractivity contribution < 1.29 is 13.9 Å². The summed E-state index contributed by atoms with van der Waals surface area (Å²) < 4.78 is 20.0. The van der Waals surface area contributed by atoms with Gasteiger partial charge in [0.15, 0.2) is 0 Å². The molecule has 1 aromatic heterocycles. The number of aryl methyl sites for hydroxylation is 1. The zero-order chi connectivity index (χ0) is 13.8. The van der Waals surface area contributed by atoms with Crippen LogP contribution in [-0.2, 0) is 11.3 Å². The molecule has 2 rings (SSSR count). The van der Waals surface area contributed by atoms with Crippen LogP contribution < -0.4 is 0 Å². The smallest absolute Gasteiger partial charge is 0.356 e. The molecule has 19 heavy (non-hydrogen) atoms. The van der Waals surface area contributed by atoms with E-state index < -0.39 is 5.97 Å². The third kappa shape index (κ3) is 2.99. The highest BCUT2D eigenvalue weighted by Gasteiger charge is 2.16. The standard InChI is InChI=1S/C14H15FN2O2/c1-3-19-14(18)13-8-10(2)16-17(13)9-11-6-4-5-7-12(11)15/h4-8H,3,9H2,1-2H3. The van der Waals surface area contributed by atoms with Gasteiger partial charge in [-0.25, -0.2) is 9.18 Å². The van der Waals surface area contributed by atoms with Gasteiger partial charge in [-0.3, -0.25) is 4.68 Å². The molecule has 0 amide bonds. The Balaban J connectivity index is 2.30. The number of rotatable bonds is 4. The predicted molar refractivity (Wildman–Crippen MR) is 68.4 cm³/mol. The topological polar surface area (TPSA) is 44.1 Å². The molecule has 0 aliphatic heterocycles. The summed E-state index contributed by atoms with van der Waals surface area (Å²) in [5.74, 6) is -0.759. The first-order chi connectivity index (χ1) is 9.11. The fourth-order valence-electron chi connectivity index (χ4n) is 1.82. The van der Waals surface area contributed by atoms with E-state index in [2.05, 4.69) is 5.10 Å². The van der Waals surface area contributed by atoms with Crippen molar-refractivity contribution >= 4 is 5.97 Å². The van der Waals surface area contributed by atoms with Crippen molar-refractivity contribution in [3.63, 3.8) is 0 Å². The SMILES string of the molecule is CCOC(=O)c1cc(C)nn1Cc1ccccc1F. The van der Waals surface area contributed by atoms with E-state index >= 15 is 0 Å². The van der Waals surface area contributed by atoms with Crippen LogP contribution >= 0.6 is 0 Å². The number of benzene rings is 1. The second-order valence-corrected chi connectivity index (χ2v) is 4.14. The van der Waals surface area contributed by atoms with E-state index in [9.17, 15) is 9.18 Å².